The summed E-state index contributed by atoms with van der Waals surface area (Å²) in [5.41, 5.74) is 5.09. The van der Waals surface area contributed by atoms with E-state index in [4.69, 9.17) is 5.26 Å². The number of hydrogen-bond donors (Lipinski definition) is 1. The summed E-state index contributed by atoms with van der Waals surface area (Å²) in [5, 5.41) is 12.1. The lowest BCUT2D eigenvalue weighted by Gasteiger charge is -2.36. The first kappa shape index (κ1) is 18.8. The SMILES string of the molecule is CCc1cccc(CC)c1NC(=O)N1CCN(c2ccc(C#N)cc2)CC1. The molecule has 1 N–H and O–H groups in total. The number of piperazine rings is 1. The number of hydrogen-bond acceptors (Lipinski definition) is 3. The van der Waals surface area contributed by atoms with Crippen LogP contribution in [0.4, 0.5) is 16.2 Å². The fourth-order valence-corrected chi connectivity index (χ4v) is 3.50. The Morgan fingerprint density at radius 2 is 1.59 bits per heavy atom. The Kier molecular flexibility index (Phi) is 5.97. The fraction of sp³-hybridized carbons (Fsp3) is 0.364. The molecule has 0 aromatic heterocycles. The van der Waals surface area contributed by atoms with Gasteiger partial charge in [-0.1, -0.05) is 32.0 Å². The zero-order valence-corrected chi connectivity index (χ0v) is 16.0. The molecule has 0 saturated carbocycles. The summed E-state index contributed by atoms with van der Waals surface area (Å²) in [6.07, 6.45) is 1.80. The van der Waals surface area contributed by atoms with Crippen molar-refractivity contribution < 1.29 is 4.79 Å². The molecular weight excluding hydrogens is 336 g/mol. The smallest absolute Gasteiger partial charge is 0.321 e. The normalized spacial score (nSPS) is 14.0. The van der Waals surface area contributed by atoms with Crippen molar-refractivity contribution in [3.63, 3.8) is 0 Å². The molecule has 2 aromatic carbocycles. The lowest BCUT2D eigenvalue weighted by atomic mass is 10.0. The number of anilines is 2. The molecule has 0 unspecified atom stereocenters. The topological polar surface area (TPSA) is 59.4 Å². The Labute approximate surface area is 161 Å². The number of nitrogens with zero attached hydrogens (tertiary/aromatic N) is 3. The molecule has 0 spiro atoms. The molecule has 2 aromatic rings. The van der Waals surface area contributed by atoms with Gasteiger partial charge in [0.25, 0.3) is 0 Å². The summed E-state index contributed by atoms with van der Waals surface area (Å²) in [7, 11) is 0. The van der Waals surface area contributed by atoms with Crippen molar-refractivity contribution in [3.8, 4) is 6.07 Å². The Bertz CT molecular complexity index is 808. The van der Waals surface area contributed by atoms with Crippen LogP contribution in [-0.4, -0.2) is 37.1 Å². The van der Waals surface area contributed by atoms with Crippen LogP contribution in [0.15, 0.2) is 42.5 Å². The number of para-hydroxylation sites is 1. The quantitative estimate of drug-likeness (QED) is 0.893. The summed E-state index contributed by atoms with van der Waals surface area (Å²) in [6.45, 7) is 7.16. The first-order valence-corrected chi connectivity index (χ1v) is 9.58. The maximum absolute atomic E-state index is 12.8. The number of carbonyl (C=O) groups excluding carboxylic acids is 1. The van der Waals surface area contributed by atoms with Crippen LogP contribution in [0.2, 0.25) is 0 Å². The molecule has 0 bridgehead atoms. The van der Waals surface area contributed by atoms with E-state index in [1.165, 1.54) is 11.1 Å². The third-order valence-electron chi connectivity index (χ3n) is 5.16. The van der Waals surface area contributed by atoms with Crippen LogP contribution in [-0.2, 0) is 12.8 Å². The predicted octanol–water partition coefficient (Wildman–Crippen LogP) is 4.04. The van der Waals surface area contributed by atoms with Crippen molar-refractivity contribution >= 4 is 17.4 Å². The Balaban J connectivity index is 1.63. The van der Waals surface area contributed by atoms with Crippen molar-refractivity contribution in [2.24, 2.45) is 0 Å². The Morgan fingerprint density at radius 3 is 2.11 bits per heavy atom. The van der Waals surface area contributed by atoms with Crippen LogP contribution >= 0.6 is 0 Å². The average molecular weight is 362 g/mol. The van der Waals surface area contributed by atoms with E-state index in [2.05, 4.69) is 48.3 Å². The van der Waals surface area contributed by atoms with Gasteiger partial charge >= 0.3 is 6.03 Å². The lowest BCUT2D eigenvalue weighted by Crippen LogP contribution is -2.50. The summed E-state index contributed by atoms with van der Waals surface area (Å²) in [6, 6.07) is 16.0. The first-order chi connectivity index (χ1) is 13.2. The van der Waals surface area contributed by atoms with E-state index < -0.39 is 0 Å². The van der Waals surface area contributed by atoms with Crippen molar-refractivity contribution in [1.29, 1.82) is 5.26 Å². The largest absolute Gasteiger partial charge is 0.368 e. The van der Waals surface area contributed by atoms with Crippen LogP contribution in [0.5, 0.6) is 0 Å². The highest BCUT2D eigenvalue weighted by molar-refractivity contribution is 5.91. The maximum Gasteiger partial charge on any atom is 0.321 e. The van der Waals surface area contributed by atoms with Gasteiger partial charge in [0, 0.05) is 37.6 Å². The summed E-state index contributed by atoms with van der Waals surface area (Å²) < 4.78 is 0. The maximum atomic E-state index is 12.8. The van der Waals surface area contributed by atoms with E-state index in [1.807, 2.05) is 29.2 Å². The Hall–Kier alpha value is -3.00. The van der Waals surface area contributed by atoms with E-state index in [0.29, 0.717) is 18.7 Å². The van der Waals surface area contributed by atoms with Crippen LogP contribution in [0.25, 0.3) is 0 Å². The van der Waals surface area contributed by atoms with Crippen molar-refractivity contribution in [1.82, 2.24) is 4.90 Å². The second kappa shape index (κ2) is 8.59. The van der Waals surface area contributed by atoms with Crippen LogP contribution in [0.1, 0.15) is 30.5 Å². The zero-order valence-electron chi connectivity index (χ0n) is 16.0. The monoisotopic (exact) mass is 362 g/mol. The molecule has 1 fully saturated rings. The molecule has 0 atom stereocenters. The predicted molar refractivity (Wildman–Crippen MR) is 109 cm³/mol. The fourth-order valence-electron chi connectivity index (χ4n) is 3.50. The number of nitriles is 1. The number of carbonyl (C=O) groups is 1. The number of nitrogens with one attached hydrogen (secondary N) is 1. The van der Waals surface area contributed by atoms with E-state index >= 15 is 0 Å². The molecule has 1 aliphatic rings. The molecule has 5 nitrogen and oxygen atoms in total. The van der Waals surface area contributed by atoms with Gasteiger partial charge in [-0.05, 0) is 48.2 Å². The van der Waals surface area contributed by atoms with Gasteiger partial charge < -0.3 is 15.1 Å². The van der Waals surface area contributed by atoms with Crippen molar-refractivity contribution in [2.45, 2.75) is 26.7 Å². The lowest BCUT2D eigenvalue weighted by molar-refractivity contribution is 0.208. The second-order valence-electron chi connectivity index (χ2n) is 6.72. The minimum Gasteiger partial charge on any atom is -0.368 e. The average Bonchev–Trinajstić information content (AvgIpc) is 2.74. The van der Waals surface area contributed by atoms with Gasteiger partial charge in [-0.25, -0.2) is 4.79 Å². The third kappa shape index (κ3) is 4.22. The van der Waals surface area contributed by atoms with Gasteiger partial charge in [-0.2, -0.15) is 5.26 Å². The molecule has 1 saturated heterocycles. The third-order valence-corrected chi connectivity index (χ3v) is 5.16. The van der Waals surface area contributed by atoms with E-state index in [0.717, 1.165) is 37.3 Å². The summed E-state index contributed by atoms with van der Waals surface area (Å²) in [4.78, 5) is 16.9. The van der Waals surface area contributed by atoms with Gasteiger partial charge in [0.15, 0.2) is 0 Å². The molecule has 140 valence electrons. The van der Waals surface area contributed by atoms with Crippen LogP contribution < -0.4 is 10.2 Å². The highest BCUT2D eigenvalue weighted by Gasteiger charge is 2.22. The first-order valence-electron chi connectivity index (χ1n) is 9.58. The van der Waals surface area contributed by atoms with Gasteiger partial charge in [0.1, 0.15) is 0 Å². The van der Waals surface area contributed by atoms with Gasteiger partial charge in [0.05, 0.1) is 11.6 Å². The minimum atomic E-state index is -0.0231. The van der Waals surface area contributed by atoms with Crippen LogP contribution in [0, 0.1) is 11.3 Å². The number of rotatable bonds is 4. The van der Waals surface area contributed by atoms with E-state index in [-0.39, 0.29) is 6.03 Å². The van der Waals surface area contributed by atoms with Gasteiger partial charge in [-0.3, -0.25) is 0 Å². The molecule has 0 radical (unpaired) electrons. The highest BCUT2D eigenvalue weighted by Crippen LogP contribution is 2.23. The van der Waals surface area contributed by atoms with Gasteiger partial charge in [0.2, 0.25) is 0 Å². The minimum absolute atomic E-state index is 0.0231. The molecule has 5 heteroatoms. The Morgan fingerprint density at radius 1 is 1.00 bits per heavy atom. The second-order valence-corrected chi connectivity index (χ2v) is 6.72. The van der Waals surface area contributed by atoms with Crippen molar-refractivity contribution in [3.05, 3.63) is 59.2 Å². The molecule has 2 amide bonds. The molecule has 0 aliphatic carbocycles. The van der Waals surface area contributed by atoms with E-state index in [9.17, 15) is 4.79 Å². The molecular formula is C22H26N4O. The highest BCUT2D eigenvalue weighted by atomic mass is 16.2. The summed E-state index contributed by atoms with van der Waals surface area (Å²) >= 11 is 0. The number of aryl methyl sites for hydroxylation is 2. The number of benzene rings is 2. The summed E-state index contributed by atoms with van der Waals surface area (Å²) in [5.74, 6) is 0. The van der Waals surface area contributed by atoms with Crippen LogP contribution in [0.3, 0.4) is 0 Å². The number of amides is 2. The van der Waals surface area contributed by atoms with Crippen molar-refractivity contribution in [2.75, 3.05) is 36.4 Å². The number of urea groups is 1. The van der Waals surface area contributed by atoms with E-state index in [1.54, 1.807) is 0 Å². The molecule has 1 heterocycles. The molecule has 3 rings (SSSR count). The zero-order chi connectivity index (χ0) is 19.2. The standard InChI is InChI=1S/C22H26N4O/c1-3-18-6-5-7-19(4-2)21(18)24-22(27)26-14-12-25(13-15-26)20-10-8-17(16-23)9-11-20/h5-11H,3-4,12-15H2,1-2H3,(H,24,27). The molecule has 27 heavy (non-hydrogen) atoms. The van der Waals surface area contributed by atoms with Gasteiger partial charge in [-0.15, -0.1) is 0 Å². The molecule has 1 aliphatic heterocycles.